The molecule has 1 saturated heterocycles. The molecule has 1 heterocycles. The molecular weight excluding hydrogens is 236 g/mol. The fraction of sp³-hybridized carbons (Fsp3) is 0.562. The van der Waals surface area contributed by atoms with Crippen molar-refractivity contribution in [2.24, 2.45) is 5.41 Å². The molecule has 19 heavy (non-hydrogen) atoms. The van der Waals surface area contributed by atoms with Crippen LogP contribution in [0, 0.1) is 5.41 Å². The summed E-state index contributed by atoms with van der Waals surface area (Å²) >= 11 is 0. The van der Waals surface area contributed by atoms with E-state index >= 15 is 0 Å². The highest BCUT2D eigenvalue weighted by atomic mass is 16.2. The van der Waals surface area contributed by atoms with E-state index in [4.69, 9.17) is 0 Å². The maximum atomic E-state index is 12.6. The Hall–Kier alpha value is -1.35. The monoisotopic (exact) mass is 260 g/mol. The van der Waals surface area contributed by atoms with Crippen LogP contribution < -0.4 is 10.6 Å². The summed E-state index contributed by atoms with van der Waals surface area (Å²) in [5.41, 5.74) is 0.937. The van der Waals surface area contributed by atoms with Crippen molar-refractivity contribution in [3.05, 3.63) is 35.9 Å². The average Bonchev–Trinajstić information content (AvgIpc) is 2.48. The van der Waals surface area contributed by atoms with Crippen molar-refractivity contribution in [1.29, 1.82) is 0 Å². The number of rotatable bonds is 4. The van der Waals surface area contributed by atoms with Crippen LogP contribution in [0.5, 0.6) is 0 Å². The van der Waals surface area contributed by atoms with Gasteiger partial charge in [0, 0.05) is 6.54 Å². The van der Waals surface area contributed by atoms with Crippen LogP contribution in [0.1, 0.15) is 44.7 Å². The topological polar surface area (TPSA) is 41.1 Å². The van der Waals surface area contributed by atoms with Gasteiger partial charge in [-0.3, -0.25) is 4.79 Å². The quantitative estimate of drug-likeness (QED) is 0.874. The SMILES string of the molecule is CCC1(C(=O)NC(C)c2ccccc2)CCCNC1. The highest BCUT2D eigenvalue weighted by Gasteiger charge is 2.38. The van der Waals surface area contributed by atoms with Gasteiger partial charge in [0.15, 0.2) is 0 Å². The summed E-state index contributed by atoms with van der Waals surface area (Å²) < 4.78 is 0. The third-order valence-electron chi connectivity index (χ3n) is 4.28. The van der Waals surface area contributed by atoms with Gasteiger partial charge >= 0.3 is 0 Å². The second-order valence-electron chi connectivity index (χ2n) is 5.52. The van der Waals surface area contributed by atoms with E-state index in [0.717, 1.165) is 37.9 Å². The van der Waals surface area contributed by atoms with Crippen LogP contribution in [-0.4, -0.2) is 19.0 Å². The number of carbonyl (C=O) groups excluding carboxylic acids is 1. The normalized spacial score (nSPS) is 24.7. The summed E-state index contributed by atoms with van der Waals surface area (Å²) in [6.07, 6.45) is 2.97. The van der Waals surface area contributed by atoms with Crippen LogP contribution in [0.25, 0.3) is 0 Å². The van der Waals surface area contributed by atoms with Crippen molar-refractivity contribution in [3.8, 4) is 0 Å². The lowest BCUT2D eigenvalue weighted by Crippen LogP contribution is -2.50. The molecule has 0 radical (unpaired) electrons. The molecule has 2 N–H and O–H groups in total. The first-order chi connectivity index (χ1) is 9.18. The molecule has 104 valence electrons. The number of hydrogen-bond acceptors (Lipinski definition) is 2. The zero-order valence-electron chi connectivity index (χ0n) is 11.9. The van der Waals surface area contributed by atoms with Crippen molar-refractivity contribution in [2.75, 3.05) is 13.1 Å². The lowest BCUT2D eigenvalue weighted by atomic mass is 9.77. The summed E-state index contributed by atoms with van der Waals surface area (Å²) in [4.78, 5) is 12.6. The van der Waals surface area contributed by atoms with Crippen LogP contribution in [0.3, 0.4) is 0 Å². The lowest BCUT2D eigenvalue weighted by molar-refractivity contribution is -0.133. The first kappa shape index (κ1) is 14.1. The van der Waals surface area contributed by atoms with E-state index in [0.29, 0.717) is 0 Å². The van der Waals surface area contributed by atoms with E-state index in [-0.39, 0.29) is 17.4 Å². The Labute approximate surface area is 115 Å². The molecule has 2 unspecified atom stereocenters. The molecule has 3 heteroatoms. The summed E-state index contributed by atoms with van der Waals surface area (Å²) in [5.74, 6) is 0.193. The van der Waals surface area contributed by atoms with E-state index in [1.54, 1.807) is 0 Å². The molecule has 1 aromatic carbocycles. The molecule has 1 aliphatic heterocycles. The predicted octanol–water partition coefficient (Wildman–Crippen LogP) is 2.64. The van der Waals surface area contributed by atoms with Crippen LogP contribution in [0.2, 0.25) is 0 Å². The van der Waals surface area contributed by atoms with Crippen LogP contribution >= 0.6 is 0 Å². The van der Waals surface area contributed by atoms with Crippen LogP contribution in [0.4, 0.5) is 0 Å². The summed E-state index contributed by atoms with van der Waals surface area (Å²) in [6.45, 7) is 5.99. The molecule has 2 rings (SSSR count). The highest BCUT2D eigenvalue weighted by Crippen LogP contribution is 2.31. The highest BCUT2D eigenvalue weighted by molar-refractivity contribution is 5.83. The first-order valence-electron chi connectivity index (χ1n) is 7.24. The van der Waals surface area contributed by atoms with Gasteiger partial charge in [-0.15, -0.1) is 0 Å². The third-order valence-corrected chi connectivity index (χ3v) is 4.28. The van der Waals surface area contributed by atoms with Gasteiger partial charge in [0.1, 0.15) is 0 Å². The molecule has 1 fully saturated rings. The number of amides is 1. The zero-order chi connectivity index (χ0) is 13.7. The van der Waals surface area contributed by atoms with Crippen molar-refractivity contribution in [3.63, 3.8) is 0 Å². The molecule has 3 nitrogen and oxygen atoms in total. The first-order valence-corrected chi connectivity index (χ1v) is 7.24. The second-order valence-corrected chi connectivity index (χ2v) is 5.52. The Morgan fingerprint density at radius 2 is 2.16 bits per heavy atom. The number of benzene rings is 1. The Morgan fingerprint density at radius 1 is 1.42 bits per heavy atom. The molecule has 0 aliphatic carbocycles. The van der Waals surface area contributed by atoms with Gasteiger partial charge < -0.3 is 10.6 Å². The lowest BCUT2D eigenvalue weighted by Gasteiger charge is -2.36. The van der Waals surface area contributed by atoms with Crippen molar-refractivity contribution in [1.82, 2.24) is 10.6 Å². The number of hydrogen-bond donors (Lipinski definition) is 2. The molecule has 0 spiro atoms. The van der Waals surface area contributed by atoms with Gasteiger partial charge in [0.2, 0.25) is 5.91 Å². The minimum atomic E-state index is -0.221. The van der Waals surface area contributed by atoms with E-state index < -0.39 is 0 Å². The number of nitrogens with one attached hydrogen (secondary N) is 2. The molecular formula is C16H24N2O. The Balaban J connectivity index is 2.03. The maximum Gasteiger partial charge on any atom is 0.227 e. The van der Waals surface area contributed by atoms with Gasteiger partial charge in [0.25, 0.3) is 0 Å². The van der Waals surface area contributed by atoms with Crippen molar-refractivity contribution >= 4 is 5.91 Å². The van der Waals surface area contributed by atoms with Gasteiger partial charge in [-0.2, -0.15) is 0 Å². The standard InChI is InChI=1S/C16H24N2O/c1-3-16(10-7-11-17-12-16)15(19)18-13(2)14-8-5-4-6-9-14/h4-6,8-9,13,17H,3,7,10-12H2,1-2H3,(H,18,19). The number of piperidine rings is 1. The van der Waals surface area contributed by atoms with Gasteiger partial charge in [0.05, 0.1) is 11.5 Å². The fourth-order valence-corrected chi connectivity index (χ4v) is 2.80. The predicted molar refractivity (Wildman–Crippen MR) is 77.8 cm³/mol. The Morgan fingerprint density at radius 3 is 2.74 bits per heavy atom. The molecule has 1 aliphatic rings. The minimum absolute atomic E-state index is 0.0686. The molecule has 0 bridgehead atoms. The van der Waals surface area contributed by atoms with Gasteiger partial charge in [-0.05, 0) is 38.3 Å². The maximum absolute atomic E-state index is 12.6. The third kappa shape index (κ3) is 3.16. The van der Waals surface area contributed by atoms with E-state index in [1.807, 2.05) is 25.1 Å². The van der Waals surface area contributed by atoms with E-state index in [2.05, 4.69) is 29.7 Å². The summed E-state index contributed by atoms with van der Waals surface area (Å²) in [6, 6.07) is 10.2. The Kier molecular flexibility index (Phi) is 4.59. The van der Waals surface area contributed by atoms with Crippen molar-refractivity contribution in [2.45, 2.75) is 39.2 Å². The molecule has 0 saturated carbocycles. The number of carbonyl (C=O) groups is 1. The summed E-state index contributed by atoms with van der Waals surface area (Å²) in [5, 5.41) is 6.54. The van der Waals surface area contributed by atoms with Gasteiger partial charge in [-0.1, -0.05) is 37.3 Å². The smallest absolute Gasteiger partial charge is 0.227 e. The van der Waals surface area contributed by atoms with Crippen LogP contribution in [-0.2, 0) is 4.79 Å². The Bertz CT molecular complexity index is 410. The van der Waals surface area contributed by atoms with Crippen LogP contribution in [0.15, 0.2) is 30.3 Å². The largest absolute Gasteiger partial charge is 0.349 e. The van der Waals surface area contributed by atoms with E-state index in [1.165, 1.54) is 0 Å². The molecule has 2 atom stereocenters. The summed E-state index contributed by atoms with van der Waals surface area (Å²) in [7, 11) is 0. The molecule has 1 aromatic rings. The molecule has 1 amide bonds. The second kappa shape index (κ2) is 6.20. The van der Waals surface area contributed by atoms with E-state index in [9.17, 15) is 4.79 Å². The fourth-order valence-electron chi connectivity index (χ4n) is 2.80. The minimum Gasteiger partial charge on any atom is -0.349 e. The van der Waals surface area contributed by atoms with Crippen molar-refractivity contribution < 1.29 is 4.79 Å². The molecule has 0 aromatic heterocycles. The zero-order valence-corrected chi connectivity index (χ0v) is 11.9. The van der Waals surface area contributed by atoms with Gasteiger partial charge in [-0.25, -0.2) is 0 Å². The average molecular weight is 260 g/mol.